The maximum atomic E-state index is 11.9. The van der Waals surface area contributed by atoms with Gasteiger partial charge >= 0.3 is 0 Å². The highest BCUT2D eigenvalue weighted by Crippen LogP contribution is 2.22. The fourth-order valence-corrected chi connectivity index (χ4v) is 2.65. The lowest BCUT2D eigenvalue weighted by Gasteiger charge is -2.12. The minimum Gasteiger partial charge on any atom is -0.321 e. The number of anilines is 1. The molecule has 0 aliphatic rings. The molecule has 1 heterocycles. The van der Waals surface area contributed by atoms with E-state index in [0.29, 0.717) is 5.69 Å². The molecule has 2 aromatic rings. The number of thiazole rings is 1. The third kappa shape index (κ3) is 3.86. The molecule has 4 nitrogen and oxygen atoms in total. The zero-order valence-electron chi connectivity index (χ0n) is 10.7. The van der Waals surface area contributed by atoms with Crippen LogP contribution in [-0.4, -0.2) is 29.9 Å². The van der Waals surface area contributed by atoms with Gasteiger partial charge in [0.25, 0.3) is 5.91 Å². The standard InChI is InChI=1S/C13H14BrN3OS/c1-17(2)6-9-3-4-10(5-11(9)14)16-13(18)12-7-19-8-15-12/h3-5,7-8H,6H2,1-2H3,(H,16,18). The maximum Gasteiger partial charge on any atom is 0.275 e. The van der Waals surface area contributed by atoms with Crippen molar-refractivity contribution in [3.05, 3.63) is 44.8 Å². The first-order chi connectivity index (χ1) is 9.06. The summed E-state index contributed by atoms with van der Waals surface area (Å²) in [5, 5.41) is 4.55. The van der Waals surface area contributed by atoms with Gasteiger partial charge in [0.1, 0.15) is 5.69 Å². The number of hydrogen-bond donors (Lipinski definition) is 1. The number of aromatic nitrogens is 1. The third-order valence-corrected chi connectivity index (χ3v) is 3.79. The summed E-state index contributed by atoms with van der Waals surface area (Å²) in [6, 6.07) is 5.80. The minimum atomic E-state index is -0.187. The largest absolute Gasteiger partial charge is 0.321 e. The molecule has 0 saturated heterocycles. The average Bonchev–Trinajstić information content (AvgIpc) is 2.86. The molecule has 1 amide bonds. The van der Waals surface area contributed by atoms with Crippen LogP contribution in [0.15, 0.2) is 33.6 Å². The Balaban J connectivity index is 2.10. The maximum absolute atomic E-state index is 11.9. The molecule has 1 N–H and O–H groups in total. The van der Waals surface area contributed by atoms with Gasteiger partial charge in [-0.3, -0.25) is 4.79 Å². The molecule has 0 spiro atoms. The van der Waals surface area contributed by atoms with E-state index in [1.165, 1.54) is 16.9 Å². The van der Waals surface area contributed by atoms with Gasteiger partial charge in [-0.25, -0.2) is 4.98 Å². The lowest BCUT2D eigenvalue weighted by Crippen LogP contribution is -2.13. The van der Waals surface area contributed by atoms with E-state index in [1.54, 1.807) is 10.9 Å². The van der Waals surface area contributed by atoms with Gasteiger partial charge in [0.15, 0.2) is 0 Å². The molecule has 100 valence electrons. The Morgan fingerprint density at radius 3 is 2.84 bits per heavy atom. The molecule has 0 bridgehead atoms. The predicted molar refractivity (Wildman–Crippen MR) is 81.6 cm³/mol. The van der Waals surface area contributed by atoms with Crippen LogP contribution in [0.3, 0.4) is 0 Å². The number of hydrogen-bond acceptors (Lipinski definition) is 4. The van der Waals surface area contributed by atoms with Crippen LogP contribution in [0.5, 0.6) is 0 Å². The van der Waals surface area contributed by atoms with E-state index in [2.05, 4.69) is 31.1 Å². The van der Waals surface area contributed by atoms with Crippen molar-refractivity contribution >= 4 is 38.9 Å². The van der Waals surface area contributed by atoms with E-state index in [9.17, 15) is 4.79 Å². The molecule has 0 radical (unpaired) electrons. The number of rotatable bonds is 4. The van der Waals surface area contributed by atoms with Gasteiger partial charge in [0.05, 0.1) is 5.51 Å². The number of carbonyl (C=O) groups excluding carboxylic acids is 1. The van der Waals surface area contributed by atoms with Crippen LogP contribution in [0, 0.1) is 0 Å². The predicted octanol–water partition coefficient (Wildman–Crippen LogP) is 3.22. The summed E-state index contributed by atoms with van der Waals surface area (Å²) in [5.74, 6) is -0.187. The van der Waals surface area contributed by atoms with Crippen LogP contribution in [-0.2, 0) is 6.54 Å². The zero-order chi connectivity index (χ0) is 13.8. The molecular formula is C13H14BrN3OS. The second kappa shape index (κ2) is 6.27. The molecular weight excluding hydrogens is 326 g/mol. The molecule has 6 heteroatoms. The van der Waals surface area contributed by atoms with E-state index < -0.39 is 0 Å². The van der Waals surface area contributed by atoms with Gasteiger partial charge in [0.2, 0.25) is 0 Å². The highest BCUT2D eigenvalue weighted by Gasteiger charge is 2.09. The van der Waals surface area contributed by atoms with E-state index in [1.807, 2.05) is 32.3 Å². The van der Waals surface area contributed by atoms with Gasteiger partial charge < -0.3 is 10.2 Å². The van der Waals surface area contributed by atoms with Gasteiger partial charge in [0, 0.05) is 22.1 Å². The monoisotopic (exact) mass is 339 g/mol. The van der Waals surface area contributed by atoms with Crippen LogP contribution in [0.4, 0.5) is 5.69 Å². The van der Waals surface area contributed by atoms with E-state index in [-0.39, 0.29) is 5.91 Å². The quantitative estimate of drug-likeness (QED) is 0.930. The molecule has 0 unspecified atom stereocenters. The van der Waals surface area contributed by atoms with Gasteiger partial charge in [-0.2, -0.15) is 0 Å². The summed E-state index contributed by atoms with van der Waals surface area (Å²) in [6.07, 6.45) is 0. The van der Waals surface area contributed by atoms with Crippen molar-refractivity contribution in [2.24, 2.45) is 0 Å². The molecule has 19 heavy (non-hydrogen) atoms. The van der Waals surface area contributed by atoms with Crippen molar-refractivity contribution in [3.63, 3.8) is 0 Å². The number of carbonyl (C=O) groups is 1. The van der Waals surface area contributed by atoms with Crippen molar-refractivity contribution in [1.29, 1.82) is 0 Å². The van der Waals surface area contributed by atoms with Crippen molar-refractivity contribution in [3.8, 4) is 0 Å². The summed E-state index contributed by atoms with van der Waals surface area (Å²) in [4.78, 5) is 17.9. The molecule has 1 aromatic carbocycles. The van der Waals surface area contributed by atoms with E-state index >= 15 is 0 Å². The van der Waals surface area contributed by atoms with Gasteiger partial charge in [-0.05, 0) is 31.8 Å². The number of amides is 1. The molecule has 0 fully saturated rings. The second-order valence-corrected chi connectivity index (χ2v) is 5.94. The fourth-order valence-electron chi connectivity index (χ4n) is 1.61. The highest BCUT2D eigenvalue weighted by molar-refractivity contribution is 9.10. The summed E-state index contributed by atoms with van der Waals surface area (Å²) in [6.45, 7) is 0.848. The molecule has 0 saturated carbocycles. The Hall–Kier alpha value is -1.24. The lowest BCUT2D eigenvalue weighted by molar-refractivity contribution is 0.102. The Bertz CT molecular complexity index is 569. The Kier molecular flexibility index (Phi) is 4.68. The van der Waals surface area contributed by atoms with Crippen LogP contribution >= 0.6 is 27.3 Å². The number of nitrogens with one attached hydrogen (secondary N) is 1. The van der Waals surface area contributed by atoms with Gasteiger partial charge in [-0.1, -0.05) is 22.0 Å². The highest BCUT2D eigenvalue weighted by atomic mass is 79.9. The fraction of sp³-hybridized carbons (Fsp3) is 0.231. The van der Waals surface area contributed by atoms with E-state index in [4.69, 9.17) is 0 Å². The first-order valence-electron chi connectivity index (χ1n) is 5.69. The third-order valence-electron chi connectivity index (χ3n) is 2.46. The normalized spacial score (nSPS) is 10.7. The van der Waals surface area contributed by atoms with E-state index in [0.717, 1.165) is 16.7 Å². The molecule has 2 rings (SSSR count). The molecule has 0 atom stereocenters. The van der Waals surface area contributed by atoms with Crippen LogP contribution < -0.4 is 5.32 Å². The lowest BCUT2D eigenvalue weighted by atomic mass is 10.2. The Morgan fingerprint density at radius 1 is 1.47 bits per heavy atom. The van der Waals surface area contributed by atoms with Crippen molar-refractivity contribution in [1.82, 2.24) is 9.88 Å². The molecule has 1 aromatic heterocycles. The van der Waals surface area contributed by atoms with Crippen LogP contribution in [0.1, 0.15) is 16.1 Å². The minimum absolute atomic E-state index is 0.187. The summed E-state index contributed by atoms with van der Waals surface area (Å²) in [7, 11) is 4.04. The smallest absolute Gasteiger partial charge is 0.275 e. The molecule has 0 aliphatic heterocycles. The molecule has 0 aliphatic carbocycles. The first kappa shape index (κ1) is 14.2. The van der Waals surface area contributed by atoms with Gasteiger partial charge in [-0.15, -0.1) is 11.3 Å². The average molecular weight is 340 g/mol. The summed E-state index contributed by atoms with van der Waals surface area (Å²) < 4.78 is 0.984. The summed E-state index contributed by atoms with van der Waals surface area (Å²) >= 11 is 4.93. The van der Waals surface area contributed by atoms with Crippen molar-refractivity contribution in [2.45, 2.75) is 6.54 Å². The van der Waals surface area contributed by atoms with Crippen LogP contribution in [0.25, 0.3) is 0 Å². The SMILES string of the molecule is CN(C)Cc1ccc(NC(=O)c2cscn2)cc1Br. The topological polar surface area (TPSA) is 45.2 Å². The number of halogens is 1. The number of benzene rings is 1. The zero-order valence-corrected chi connectivity index (χ0v) is 13.1. The summed E-state index contributed by atoms with van der Waals surface area (Å²) in [5.41, 5.74) is 4.02. The second-order valence-electron chi connectivity index (χ2n) is 4.37. The Morgan fingerprint density at radius 2 is 2.26 bits per heavy atom. The first-order valence-corrected chi connectivity index (χ1v) is 7.42. The number of nitrogens with zero attached hydrogens (tertiary/aromatic N) is 2. The van der Waals surface area contributed by atoms with Crippen molar-refractivity contribution < 1.29 is 4.79 Å². The van der Waals surface area contributed by atoms with Crippen LogP contribution in [0.2, 0.25) is 0 Å². The Labute approximate surface area is 124 Å². The van der Waals surface area contributed by atoms with Crippen molar-refractivity contribution in [2.75, 3.05) is 19.4 Å².